The molecule has 8 nitrogen and oxygen atoms in total. The van der Waals surface area contributed by atoms with Gasteiger partial charge in [-0.1, -0.05) is 0 Å². The van der Waals surface area contributed by atoms with Crippen molar-refractivity contribution in [2.75, 3.05) is 27.7 Å². The maximum absolute atomic E-state index is 12.4. The van der Waals surface area contributed by atoms with Gasteiger partial charge in [0.05, 0.1) is 7.11 Å². The van der Waals surface area contributed by atoms with Crippen molar-refractivity contribution in [3.8, 4) is 5.75 Å². The summed E-state index contributed by atoms with van der Waals surface area (Å²) in [5, 5.41) is 5.12. The Labute approximate surface area is 142 Å². The average Bonchev–Trinajstić information content (AvgIpc) is 2.54. The van der Waals surface area contributed by atoms with Gasteiger partial charge in [-0.15, -0.1) is 0 Å². The molecule has 1 unspecified atom stereocenters. The van der Waals surface area contributed by atoms with Crippen LogP contribution in [0.15, 0.2) is 23.1 Å². The second kappa shape index (κ2) is 8.11. The fraction of sp³-hybridized carbons (Fsp3) is 0.467. The first kappa shape index (κ1) is 19.9. The molecule has 0 fully saturated rings. The van der Waals surface area contributed by atoms with E-state index in [9.17, 15) is 18.0 Å². The van der Waals surface area contributed by atoms with Crippen molar-refractivity contribution in [2.45, 2.75) is 24.8 Å². The molecule has 1 atom stereocenters. The van der Waals surface area contributed by atoms with Gasteiger partial charge < -0.3 is 15.4 Å². The largest absolute Gasteiger partial charge is 0.495 e. The van der Waals surface area contributed by atoms with Crippen LogP contribution in [0, 0.1) is 0 Å². The Morgan fingerprint density at radius 1 is 1.29 bits per heavy atom. The quantitative estimate of drug-likeness (QED) is 0.725. The molecule has 24 heavy (non-hydrogen) atoms. The number of hydrogen-bond acceptors (Lipinski definition) is 5. The monoisotopic (exact) mass is 357 g/mol. The van der Waals surface area contributed by atoms with E-state index in [4.69, 9.17) is 4.74 Å². The van der Waals surface area contributed by atoms with Crippen LogP contribution in [-0.4, -0.2) is 58.3 Å². The highest BCUT2D eigenvalue weighted by Crippen LogP contribution is 2.26. The lowest BCUT2D eigenvalue weighted by molar-refractivity contribution is -0.122. The molecular weight excluding hydrogens is 334 g/mol. The van der Waals surface area contributed by atoms with Gasteiger partial charge in [0.1, 0.15) is 16.7 Å². The molecule has 0 saturated heterocycles. The lowest BCUT2D eigenvalue weighted by Gasteiger charge is -2.17. The topological polar surface area (TPSA) is 105 Å². The molecule has 0 heterocycles. The van der Waals surface area contributed by atoms with Crippen LogP contribution in [0.5, 0.6) is 5.75 Å². The van der Waals surface area contributed by atoms with Crippen LogP contribution in [0.4, 0.5) is 0 Å². The van der Waals surface area contributed by atoms with E-state index in [1.807, 2.05) is 0 Å². The first-order chi connectivity index (χ1) is 11.1. The Bertz CT molecular complexity index is 716. The number of hydrogen-bond donors (Lipinski definition) is 2. The number of likely N-dealkylation sites (N-methyl/N-ethyl adjacent to an activating group) is 1. The molecular formula is C15H23N3O5S. The highest BCUT2D eigenvalue weighted by molar-refractivity contribution is 7.89. The van der Waals surface area contributed by atoms with Gasteiger partial charge in [-0.3, -0.25) is 9.59 Å². The molecule has 2 N–H and O–H groups in total. The SMILES string of the molecule is CCNC(=O)C(C)NC(=O)c1ccc(OC)c(S(=O)(=O)N(C)C)c1. The summed E-state index contributed by atoms with van der Waals surface area (Å²) in [7, 11) is 0.343. The van der Waals surface area contributed by atoms with Crippen LogP contribution < -0.4 is 15.4 Å². The summed E-state index contributed by atoms with van der Waals surface area (Å²) in [5.74, 6) is -0.732. The Kier molecular flexibility index (Phi) is 6.73. The summed E-state index contributed by atoms with van der Waals surface area (Å²) in [6, 6.07) is 3.33. The van der Waals surface area contributed by atoms with E-state index in [-0.39, 0.29) is 22.1 Å². The van der Waals surface area contributed by atoms with E-state index in [0.29, 0.717) is 6.54 Å². The van der Waals surface area contributed by atoms with Crippen LogP contribution in [-0.2, 0) is 14.8 Å². The summed E-state index contributed by atoms with van der Waals surface area (Å²) in [6.07, 6.45) is 0. The molecule has 1 rings (SSSR count). The highest BCUT2D eigenvalue weighted by atomic mass is 32.2. The molecule has 134 valence electrons. The van der Waals surface area contributed by atoms with E-state index in [1.165, 1.54) is 39.4 Å². The minimum absolute atomic E-state index is 0.117. The molecule has 9 heteroatoms. The predicted molar refractivity (Wildman–Crippen MR) is 89.5 cm³/mol. The minimum atomic E-state index is -3.78. The zero-order valence-corrected chi connectivity index (χ0v) is 15.2. The van der Waals surface area contributed by atoms with Crippen LogP contribution in [0.2, 0.25) is 0 Å². The molecule has 0 aliphatic rings. The molecule has 1 aromatic rings. The van der Waals surface area contributed by atoms with Gasteiger partial charge >= 0.3 is 0 Å². The van der Waals surface area contributed by atoms with Crippen molar-refractivity contribution in [1.82, 2.24) is 14.9 Å². The first-order valence-corrected chi connectivity index (χ1v) is 8.78. The first-order valence-electron chi connectivity index (χ1n) is 7.34. The van der Waals surface area contributed by atoms with Gasteiger partial charge in [0.25, 0.3) is 5.91 Å². The lowest BCUT2D eigenvalue weighted by atomic mass is 10.2. The highest BCUT2D eigenvalue weighted by Gasteiger charge is 2.24. The molecule has 0 saturated carbocycles. The number of benzene rings is 1. The number of rotatable bonds is 7. The maximum atomic E-state index is 12.4. The fourth-order valence-electron chi connectivity index (χ4n) is 1.89. The third-order valence-corrected chi connectivity index (χ3v) is 5.11. The number of sulfonamides is 1. The zero-order chi connectivity index (χ0) is 18.5. The van der Waals surface area contributed by atoms with Crippen LogP contribution in [0.25, 0.3) is 0 Å². The third-order valence-electron chi connectivity index (χ3n) is 3.28. The van der Waals surface area contributed by atoms with E-state index < -0.39 is 22.0 Å². The molecule has 0 aromatic heterocycles. The van der Waals surface area contributed by atoms with E-state index in [2.05, 4.69) is 10.6 Å². The van der Waals surface area contributed by atoms with Crippen LogP contribution in [0.1, 0.15) is 24.2 Å². The minimum Gasteiger partial charge on any atom is -0.495 e. The van der Waals surface area contributed by atoms with Crippen LogP contribution >= 0.6 is 0 Å². The number of nitrogens with one attached hydrogen (secondary N) is 2. The van der Waals surface area contributed by atoms with Crippen molar-refractivity contribution < 1.29 is 22.7 Å². The zero-order valence-electron chi connectivity index (χ0n) is 14.4. The number of ether oxygens (including phenoxy) is 1. The molecule has 0 spiro atoms. The Balaban J connectivity index is 3.14. The second-order valence-corrected chi connectivity index (χ2v) is 7.36. The number of methoxy groups -OCH3 is 1. The van der Waals surface area contributed by atoms with Crippen molar-refractivity contribution in [3.05, 3.63) is 23.8 Å². The molecule has 0 aliphatic heterocycles. The molecule has 1 aromatic carbocycles. The van der Waals surface area contributed by atoms with Gasteiger partial charge in [0.2, 0.25) is 15.9 Å². The fourth-order valence-corrected chi connectivity index (χ4v) is 2.96. The van der Waals surface area contributed by atoms with Crippen molar-refractivity contribution >= 4 is 21.8 Å². The smallest absolute Gasteiger partial charge is 0.251 e. The Morgan fingerprint density at radius 2 is 1.92 bits per heavy atom. The standard InChI is InChI=1S/C15H23N3O5S/c1-6-16-14(19)10(2)17-15(20)11-7-8-12(23-5)13(9-11)24(21,22)18(3)4/h7-10H,6H2,1-5H3,(H,16,19)(H,17,20). The summed E-state index contributed by atoms with van der Waals surface area (Å²) in [6.45, 7) is 3.77. The normalized spacial score (nSPS) is 12.6. The second-order valence-electron chi connectivity index (χ2n) is 5.24. The van der Waals surface area contributed by atoms with Crippen molar-refractivity contribution in [1.29, 1.82) is 0 Å². The molecule has 2 amide bonds. The predicted octanol–water partition coefficient (Wildman–Crippen LogP) is 0.200. The van der Waals surface area contributed by atoms with Gasteiger partial charge in [0.15, 0.2) is 0 Å². The van der Waals surface area contributed by atoms with E-state index >= 15 is 0 Å². The Morgan fingerprint density at radius 3 is 2.42 bits per heavy atom. The molecule has 0 radical (unpaired) electrons. The summed E-state index contributed by atoms with van der Waals surface area (Å²) < 4.78 is 30.8. The number of amides is 2. The van der Waals surface area contributed by atoms with Crippen molar-refractivity contribution in [2.24, 2.45) is 0 Å². The summed E-state index contributed by atoms with van der Waals surface area (Å²) >= 11 is 0. The van der Waals surface area contributed by atoms with Crippen LogP contribution in [0.3, 0.4) is 0 Å². The Hall–Kier alpha value is -2.13. The number of carbonyl (C=O) groups excluding carboxylic acids is 2. The van der Waals surface area contributed by atoms with Gasteiger partial charge in [-0.05, 0) is 32.0 Å². The third kappa shape index (κ3) is 4.45. The van der Waals surface area contributed by atoms with E-state index in [0.717, 1.165) is 4.31 Å². The lowest BCUT2D eigenvalue weighted by Crippen LogP contribution is -2.44. The van der Waals surface area contributed by atoms with Gasteiger partial charge in [-0.25, -0.2) is 12.7 Å². The number of carbonyl (C=O) groups is 2. The van der Waals surface area contributed by atoms with E-state index in [1.54, 1.807) is 13.8 Å². The molecule has 0 aliphatic carbocycles. The summed E-state index contributed by atoms with van der Waals surface area (Å²) in [5.41, 5.74) is 0.118. The molecule has 0 bridgehead atoms. The van der Waals surface area contributed by atoms with Crippen molar-refractivity contribution in [3.63, 3.8) is 0 Å². The maximum Gasteiger partial charge on any atom is 0.251 e. The van der Waals surface area contributed by atoms with Gasteiger partial charge in [-0.2, -0.15) is 0 Å². The van der Waals surface area contributed by atoms with Gasteiger partial charge in [0, 0.05) is 26.2 Å². The average molecular weight is 357 g/mol. The summed E-state index contributed by atoms with van der Waals surface area (Å²) in [4.78, 5) is 23.8. The number of nitrogens with zero attached hydrogens (tertiary/aromatic N) is 1.